The van der Waals surface area contributed by atoms with Crippen LogP contribution in [0, 0.1) is 6.92 Å². The van der Waals surface area contributed by atoms with E-state index in [2.05, 4.69) is 20.2 Å². The topological polar surface area (TPSA) is 58.6 Å². The molecule has 0 unspecified atom stereocenters. The number of thiazole rings is 1. The molecule has 6 nitrogen and oxygen atoms in total. The van der Waals surface area contributed by atoms with Gasteiger partial charge in [-0.2, -0.15) is 0 Å². The van der Waals surface area contributed by atoms with Crippen molar-refractivity contribution in [2.75, 3.05) is 26.2 Å². The number of aryl methyl sites for hydroxylation is 1. The van der Waals surface area contributed by atoms with E-state index < -0.39 is 0 Å². The zero-order chi connectivity index (χ0) is 17.2. The van der Waals surface area contributed by atoms with Crippen LogP contribution < -0.4 is 0 Å². The molecule has 2 fully saturated rings. The van der Waals surface area contributed by atoms with Crippen molar-refractivity contribution in [1.82, 2.24) is 19.8 Å². The number of hydrogen-bond donors (Lipinski definition) is 0. The van der Waals surface area contributed by atoms with Crippen molar-refractivity contribution < 1.29 is 9.53 Å². The van der Waals surface area contributed by atoms with E-state index in [1.54, 1.807) is 23.7 Å². The second kappa shape index (κ2) is 7.19. The number of aromatic nitrogens is 2. The number of rotatable bonds is 3. The summed E-state index contributed by atoms with van der Waals surface area (Å²) in [5.41, 5.74) is 1.72. The van der Waals surface area contributed by atoms with Gasteiger partial charge in [-0.05, 0) is 25.5 Å². The minimum atomic E-state index is 0.0540. The van der Waals surface area contributed by atoms with Crippen molar-refractivity contribution in [3.63, 3.8) is 0 Å². The molecule has 0 spiro atoms. The fourth-order valence-electron chi connectivity index (χ4n) is 3.65. The Hall–Kier alpha value is -1.83. The lowest BCUT2D eigenvalue weighted by atomic mass is 9.98. The van der Waals surface area contributed by atoms with E-state index in [0.717, 1.165) is 36.8 Å². The molecule has 2 aromatic heterocycles. The number of carbonyl (C=O) groups excluding carboxylic acids is 1. The highest BCUT2D eigenvalue weighted by Crippen LogP contribution is 2.26. The zero-order valence-corrected chi connectivity index (χ0v) is 15.1. The van der Waals surface area contributed by atoms with Crippen LogP contribution in [0.25, 0.3) is 0 Å². The lowest BCUT2D eigenvalue weighted by molar-refractivity contribution is -0.0914. The maximum atomic E-state index is 12.9. The number of amides is 1. The number of pyridine rings is 1. The van der Waals surface area contributed by atoms with Crippen LogP contribution in [0.2, 0.25) is 0 Å². The second-order valence-electron chi connectivity index (χ2n) is 6.62. The third-order valence-corrected chi connectivity index (χ3v) is 5.81. The summed E-state index contributed by atoms with van der Waals surface area (Å²) in [5, 5.41) is 3.22. The molecule has 4 rings (SSSR count). The van der Waals surface area contributed by atoms with Crippen LogP contribution in [-0.2, 0) is 11.3 Å². The van der Waals surface area contributed by atoms with Crippen LogP contribution >= 0.6 is 11.3 Å². The van der Waals surface area contributed by atoms with Gasteiger partial charge >= 0.3 is 0 Å². The van der Waals surface area contributed by atoms with Crippen LogP contribution in [0.3, 0.4) is 0 Å². The van der Waals surface area contributed by atoms with Crippen molar-refractivity contribution in [2.24, 2.45) is 0 Å². The van der Waals surface area contributed by atoms with E-state index in [1.807, 2.05) is 24.0 Å². The van der Waals surface area contributed by atoms with Gasteiger partial charge in [-0.25, -0.2) is 4.98 Å². The van der Waals surface area contributed by atoms with Gasteiger partial charge in [0.2, 0.25) is 0 Å². The number of piperidine rings is 1. The van der Waals surface area contributed by atoms with Gasteiger partial charge in [0.1, 0.15) is 5.01 Å². The van der Waals surface area contributed by atoms with Crippen molar-refractivity contribution in [1.29, 1.82) is 0 Å². The molecule has 0 aliphatic carbocycles. The molecular formula is C18H22N4O2S. The number of ether oxygens (including phenoxy) is 1. The Morgan fingerprint density at radius 1 is 1.44 bits per heavy atom. The first kappa shape index (κ1) is 16.6. The highest BCUT2D eigenvalue weighted by molar-refractivity contribution is 7.09. The number of morpholine rings is 1. The monoisotopic (exact) mass is 358 g/mol. The number of likely N-dealkylation sites (tertiary alicyclic amines) is 1. The van der Waals surface area contributed by atoms with Gasteiger partial charge in [0, 0.05) is 43.1 Å². The Bertz CT molecular complexity index is 736. The Kier molecular flexibility index (Phi) is 4.78. The maximum Gasteiger partial charge on any atom is 0.255 e. The quantitative estimate of drug-likeness (QED) is 0.839. The average molecular weight is 358 g/mol. The molecule has 0 bridgehead atoms. The normalized spacial score (nSPS) is 24.1. The molecule has 0 N–H and O–H groups in total. The Morgan fingerprint density at radius 2 is 2.36 bits per heavy atom. The molecule has 132 valence electrons. The van der Waals surface area contributed by atoms with Crippen LogP contribution in [0.15, 0.2) is 29.9 Å². The lowest BCUT2D eigenvalue weighted by Crippen LogP contribution is -2.61. The first-order valence-electron chi connectivity index (χ1n) is 8.66. The summed E-state index contributed by atoms with van der Waals surface area (Å²) in [4.78, 5) is 25.9. The number of nitrogens with zero attached hydrogens (tertiary/aromatic N) is 4. The molecule has 7 heteroatoms. The Labute approximate surface area is 151 Å². The molecule has 4 heterocycles. The van der Waals surface area contributed by atoms with Gasteiger partial charge in [0.15, 0.2) is 0 Å². The Morgan fingerprint density at radius 3 is 3.12 bits per heavy atom. The molecule has 0 saturated carbocycles. The average Bonchev–Trinajstić information content (AvgIpc) is 3.06. The summed E-state index contributed by atoms with van der Waals surface area (Å²) in [6.45, 7) is 5.92. The van der Waals surface area contributed by atoms with Gasteiger partial charge < -0.3 is 9.64 Å². The predicted octanol–water partition coefficient (Wildman–Crippen LogP) is 1.96. The van der Waals surface area contributed by atoms with Gasteiger partial charge in [-0.15, -0.1) is 11.3 Å². The third-order valence-electron chi connectivity index (χ3n) is 4.86. The smallest absolute Gasteiger partial charge is 0.255 e. The minimum Gasteiger partial charge on any atom is -0.374 e. The fourth-order valence-corrected chi connectivity index (χ4v) is 4.47. The lowest BCUT2D eigenvalue weighted by Gasteiger charge is -2.46. The zero-order valence-electron chi connectivity index (χ0n) is 14.3. The van der Waals surface area contributed by atoms with Crippen molar-refractivity contribution in [3.05, 3.63) is 46.2 Å². The second-order valence-corrected chi connectivity index (χ2v) is 7.57. The van der Waals surface area contributed by atoms with Gasteiger partial charge in [0.25, 0.3) is 5.91 Å². The largest absolute Gasteiger partial charge is 0.374 e. The van der Waals surface area contributed by atoms with E-state index in [9.17, 15) is 4.79 Å². The number of hydrogen-bond acceptors (Lipinski definition) is 6. The van der Waals surface area contributed by atoms with E-state index >= 15 is 0 Å². The fraction of sp³-hybridized carbons (Fsp3) is 0.500. The van der Waals surface area contributed by atoms with Crippen molar-refractivity contribution >= 4 is 17.2 Å². The summed E-state index contributed by atoms with van der Waals surface area (Å²) in [6, 6.07) is 3.73. The third kappa shape index (κ3) is 3.58. The standard InChI is InChI=1S/C18H22N4O2S/c1-13-12-25-17(20-13)11-21-6-4-16-15(10-21)22(7-8-24-16)18(23)14-3-2-5-19-9-14/h2-3,5,9,12,15-16H,4,6-8,10-11H2,1H3/t15-,16-/m1/s1. The molecule has 2 aromatic rings. The van der Waals surface area contributed by atoms with Crippen LogP contribution in [0.1, 0.15) is 27.5 Å². The maximum absolute atomic E-state index is 12.9. The molecule has 1 amide bonds. The highest BCUT2D eigenvalue weighted by atomic mass is 32.1. The highest BCUT2D eigenvalue weighted by Gasteiger charge is 2.39. The van der Waals surface area contributed by atoms with E-state index in [1.165, 1.54) is 0 Å². The molecule has 2 aliphatic rings. The number of carbonyl (C=O) groups is 1. The van der Waals surface area contributed by atoms with Crippen LogP contribution in [0.5, 0.6) is 0 Å². The first-order valence-corrected chi connectivity index (χ1v) is 9.54. The molecule has 25 heavy (non-hydrogen) atoms. The summed E-state index contributed by atoms with van der Waals surface area (Å²) >= 11 is 1.70. The van der Waals surface area contributed by atoms with Crippen molar-refractivity contribution in [2.45, 2.75) is 32.0 Å². The Balaban J connectivity index is 1.48. The molecular weight excluding hydrogens is 336 g/mol. The van der Waals surface area contributed by atoms with E-state index in [0.29, 0.717) is 18.7 Å². The minimum absolute atomic E-state index is 0.0540. The van der Waals surface area contributed by atoms with Crippen LogP contribution in [-0.4, -0.2) is 64.1 Å². The molecule has 0 aromatic carbocycles. The predicted molar refractivity (Wildman–Crippen MR) is 95.5 cm³/mol. The summed E-state index contributed by atoms with van der Waals surface area (Å²) in [7, 11) is 0. The van der Waals surface area contributed by atoms with Crippen molar-refractivity contribution in [3.8, 4) is 0 Å². The summed E-state index contributed by atoms with van der Waals surface area (Å²) in [6.07, 6.45) is 4.41. The van der Waals surface area contributed by atoms with E-state index in [4.69, 9.17) is 4.74 Å². The molecule has 0 radical (unpaired) electrons. The summed E-state index contributed by atoms with van der Waals surface area (Å²) in [5.74, 6) is 0.0540. The molecule has 2 atom stereocenters. The SMILES string of the molecule is Cc1csc(CN2CC[C@H]3OCCN(C(=O)c4cccnc4)[C@@H]3C2)n1. The molecule has 2 aliphatic heterocycles. The molecule has 2 saturated heterocycles. The summed E-state index contributed by atoms with van der Waals surface area (Å²) < 4.78 is 5.95. The van der Waals surface area contributed by atoms with Gasteiger partial charge in [0.05, 0.1) is 30.9 Å². The van der Waals surface area contributed by atoms with Gasteiger partial charge in [-0.3, -0.25) is 14.7 Å². The number of fused-ring (bicyclic) bond motifs is 1. The van der Waals surface area contributed by atoms with Crippen LogP contribution in [0.4, 0.5) is 0 Å². The first-order chi connectivity index (χ1) is 12.2. The van der Waals surface area contributed by atoms with E-state index in [-0.39, 0.29) is 18.1 Å². The van der Waals surface area contributed by atoms with Gasteiger partial charge in [-0.1, -0.05) is 0 Å².